The smallest absolute Gasteiger partial charge is 0.0925 e. The number of hydrogen-bond acceptors (Lipinski definition) is 5. The number of likely N-dealkylation sites (tertiary alicyclic amines) is 1. The molecule has 3 aromatic rings. The van der Waals surface area contributed by atoms with Crippen LogP contribution in [0.25, 0.3) is 11.3 Å². The minimum Gasteiger partial charge on any atom is -0.306 e. The molecule has 1 fully saturated rings. The molecular formula is C23H27N3S3. The van der Waals surface area contributed by atoms with Gasteiger partial charge in [-0.25, -0.2) is 0 Å². The molecule has 4 rings (SSSR count). The van der Waals surface area contributed by atoms with E-state index in [0.29, 0.717) is 5.92 Å². The fourth-order valence-electron chi connectivity index (χ4n) is 4.11. The molecule has 2 aromatic carbocycles. The zero-order valence-corrected chi connectivity index (χ0v) is 19.5. The van der Waals surface area contributed by atoms with Gasteiger partial charge >= 0.3 is 0 Å². The maximum absolute atomic E-state index is 4.84. The molecule has 0 unspecified atom stereocenters. The number of aromatic nitrogens is 2. The molecule has 0 N–H and O–H groups in total. The third-order valence-electron chi connectivity index (χ3n) is 5.83. The quantitative estimate of drug-likeness (QED) is 0.378. The van der Waals surface area contributed by atoms with Crippen LogP contribution in [0.15, 0.2) is 58.5 Å². The van der Waals surface area contributed by atoms with Gasteiger partial charge in [-0.15, -0.1) is 24.3 Å². The summed E-state index contributed by atoms with van der Waals surface area (Å²) in [5.74, 6) is 0.652. The molecule has 0 aliphatic carbocycles. The lowest BCUT2D eigenvalue weighted by Crippen LogP contribution is -2.29. The van der Waals surface area contributed by atoms with Gasteiger partial charge < -0.3 is 4.90 Å². The molecule has 2 heterocycles. The maximum Gasteiger partial charge on any atom is 0.0925 e. The number of thiol groups is 2. The van der Waals surface area contributed by atoms with Gasteiger partial charge in [0, 0.05) is 21.6 Å². The van der Waals surface area contributed by atoms with E-state index in [2.05, 4.69) is 85.8 Å². The minimum atomic E-state index is 0.652. The lowest BCUT2D eigenvalue weighted by molar-refractivity contribution is 0.255. The van der Waals surface area contributed by atoms with Crippen LogP contribution in [0.1, 0.15) is 35.4 Å². The molecule has 1 aliphatic rings. The van der Waals surface area contributed by atoms with E-state index < -0.39 is 0 Å². The zero-order valence-electron chi connectivity index (χ0n) is 16.9. The first kappa shape index (κ1) is 20.9. The summed E-state index contributed by atoms with van der Waals surface area (Å²) in [5.41, 5.74) is 6.09. The molecule has 1 saturated heterocycles. The molecule has 0 radical (unpaired) electrons. The number of benzene rings is 2. The van der Waals surface area contributed by atoms with E-state index in [1.807, 2.05) is 10.7 Å². The molecule has 1 aliphatic heterocycles. The molecular weight excluding hydrogens is 414 g/mol. The second-order valence-electron chi connectivity index (χ2n) is 7.93. The highest BCUT2D eigenvalue weighted by molar-refractivity contribution is 8.68. The summed E-state index contributed by atoms with van der Waals surface area (Å²) in [7, 11) is 3.73. The summed E-state index contributed by atoms with van der Waals surface area (Å²) in [6.07, 6.45) is 4.53. The highest BCUT2D eigenvalue weighted by Gasteiger charge is 2.19. The van der Waals surface area contributed by atoms with Gasteiger partial charge in [0.15, 0.2) is 0 Å². The molecule has 152 valence electrons. The number of nitrogens with zero attached hydrogens (tertiary/aromatic N) is 3. The molecule has 6 heteroatoms. The van der Waals surface area contributed by atoms with Crippen LogP contribution in [0.4, 0.5) is 0 Å². The second-order valence-corrected chi connectivity index (χ2v) is 9.62. The van der Waals surface area contributed by atoms with Crippen LogP contribution in [0.5, 0.6) is 0 Å². The molecule has 0 spiro atoms. The molecule has 1 aromatic heterocycles. The van der Waals surface area contributed by atoms with E-state index in [4.69, 9.17) is 5.10 Å². The Morgan fingerprint density at radius 1 is 1.10 bits per heavy atom. The fourth-order valence-corrected chi connectivity index (χ4v) is 5.28. The fraction of sp³-hybridized carbons (Fsp3) is 0.348. The summed E-state index contributed by atoms with van der Waals surface area (Å²) in [5, 5.41) is 4.84. The molecule has 29 heavy (non-hydrogen) atoms. The topological polar surface area (TPSA) is 21.1 Å². The van der Waals surface area contributed by atoms with Gasteiger partial charge in [-0.2, -0.15) is 5.10 Å². The predicted octanol–water partition coefficient (Wildman–Crippen LogP) is 5.94. The lowest BCUT2D eigenvalue weighted by atomic mass is 9.89. The second kappa shape index (κ2) is 9.21. The van der Waals surface area contributed by atoms with Gasteiger partial charge in [-0.1, -0.05) is 29.0 Å². The van der Waals surface area contributed by atoms with Crippen LogP contribution >= 0.6 is 35.1 Å². The Balaban J connectivity index is 1.57. The molecule has 0 bridgehead atoms. The van der Waals surface area contributed by atoms with Crippen molar-refractivity contribution in [3.63, 3.8) is 0 Å². The van der Waals surface area contributed by atoms with Gasteiger partial charge in [-0.3, -0.25) is 4.68 Å². The Labute approximate surface area is 188 Å². The monoisotopic (exact) mass is 441 g/mol. The first-order chi connectivity index (χ1) is 14.0. The number of hydrogen-bond donors (Lipinski definition) is 2. The summed E-state index contributed by atoms with van der Waals surface area (Å²) in [6, 6.07) is 15.2. The van der Waals surface area contributed by atoms with Crippen LogP contribution in [0.3, 0.4) is 0 Å². The number of piperidine rings is 1. The normalized spacial score (nSPS) is 15.7. The Bertz CT molecular complexity index is 991. The first-order valence-corrected chi connectivity index (χ1v) is 12.3. The van der Waals surface area contributed by atoms with Crippen molar-refractivity contribution in [3.05, 3.63) is 65.4 Å². The molecule has 0 amide bonds. The number of rotatable bonds is 5. The Morgan fingerprint density at radius 3 is 2.62 bits per heavy atom. The third-order valence-corrected chi connectivity index (χ3v) is 7.30. The average molecular weight is 442 g/mol. The van der Waals surface area contributed by atoms with E-state index in [0.717, 1.165) is 22.7 Å². The van der Waals surface area contributed by atoms with Crippen molar-refractivity contribution < 1.29 is 0 Å². The summed E-state index contributed by atoms with van der Waals surface area (Å²) >= 11 is 8.91. The first-order valence-electron chi connectivity index (χ1n) is 9.99. The van der Waals surface area contributed by atoms with Gasteiger partial charge in [0.25, 0.3) is 0 Å². The summed E-state index contributed by atoms with van der Waals surface area (Å²) in [4.78, 5) is 4.60. The third kappa shape index (κ3) is 4.88. The van der Waals surface area contributed by atoms with Crippen LogP contribution < -0.4 is 0 Å². The van der Waals surface area contributed by atoms with Crippen molar-refractivity contribution in [1.82, 2.24) is 14.7 Å². The van der Waals surface area contributed by atoms with Crippen LogP contribution in [-0.2, 0) is 6.54 Å². The van der Waals surface area contributed by atoms with E-state index in [9.17, 15) is 0 Å². The molecule has 0 atom stereocenters. The summed E-state index contributed by atoms with van der Waals surface area (Å²) in [6.45, 7) is 5.22. The largest absolute Gasteiger partial charge is 0.306 e. The highest BCUT2D eigenvalue weighted by Crippen LogP contribution is 2.33. The highest BCUT2D eigenvalue weighted by atomic mass is 33.1. The van der Waals surface area contributed by atoms with E-state index in [1.165, 1.54) is 58.3 Å². The van der Waals surface area contributed by atoms with Crippen molar-refractivity contribution in [3.8, 4) is 11.3 Å². The SMILES string of the molecule is Cc1cc(S)ccc1-c1ccn(Cc2cc(C3CCN(C)CC3)ccc2SS)n1. The Hall–Kier alpha value is -1.34. The predicted molar refractivity (Wildman–Crippen MR) is 130 cm³/mol. The molecule has 3 nitrogen and oxygen atoms in total. The van der Waals surface area contributed by atoms with Crippen molar-refractivity contribution in [2.24, 2.45) is 0 Å². The van der Waals surface area contributed by atoms with Crippen molar-refractivity contribution >= 4 is 35.1 Å². The van der Waals surface area contributed by atoms with E-state index >= 15 is 0 Å². The van der Waals surface area contributed by atoms with Gasteiger partial charge in [-0.05, 0) is 86.8 Å². The maximum atomic E-state index is 4.84. The summed E-state index contributed by atoms with van der Waals surface area (Å²) < 4.78 is 2.03. The van der Waals surface area contributed by atoms with Gasteiger partial charge in [0.1, 0.15) is 0 Å². The van der Waals surface area contributed by atoms with Gasteiger partial charge in [0.2, 0.25) is 0 Å². The zero-order chi connectivity index (χ0) is 20.4. The van der Waals surface area contributed by atoms with Crippen molar-refractivity contribution in [2.45, 2.75) is 42.0 Å². The van der Waals surface area contributed by atoms with Crippen molar-refractivity contribution in [2.75, 3.05) is 20.1 Å². The lowest BCUT2D eigenvalue weighted by Gasteiger charge is -2.29. The standard InChI is InChI=1S/C23H27N3S3/c1-16-13-20(27)4-5-21(16)22-9-12-26(24-22)15-19-14-18(3-6-23(19)29-28)17-7-10-25(2)11-8-17/h3-6,9,12-14,17,27-28H,7-8,10-11,15H2,1-2H3. The Kier molecular flexibility index (Phi) is 6.64. The number of aryl methyl sites for hydroxylation is 1. The Morgan fingerprint density at radius 2 is 1.90 bits per heavy atom. The van der Waals surface area contributed by atoms with Crippen LogP contribution in [0, 0.1) is 6.92 Å². The van der Waals surface area contributed by atoms with E-state index in [-0.39, 0.29) is 0 Å². The van der Waals surface area contributed by atoms with Crippen LogP contribution in [-0.4, -0.2) is 34.8 Å². The van der Waals surface area contributed by atoms with Crippen LogP contribution in [0.2, 0.25) is 0 Å². The minimum absolute atomic E-state index is 0.652. The van der Waals surface area contributed by atoms with Crippen molar-refractivity contribution in [1.29, 1.82) is 0 Å². The van der Waals surface area contributed by atoms with E-state index in [1.54, 1.807) is 0 Å². The average Bonchev–Trinajstić information content (AvgIpc) is 3.16. The van der Waals surface area contributed by atoms with Gasteiger partial charge in [0.05, 0.1) is 12.2 Å². The molecule has 0 saturated carbocycles.